The SMILES string of the molecule is CCO[C@@H]1CC(C(=O)NN)=NO1. The van der Waals surface area contributed by atoms with Crippen molar-refractivity contribution in [2.75, 3.05) is 6.61 Å². The predicted octanol–water partition coefficient (Wildman–Crippen LogP) is -0.885. The number of nitrogens with two attached hydrogens (primary N) is 1. The third-order valence-electron chi connectivity index (χ3n) is 1.39. The van der Waals surface area contributed by atoms with Crippen molar-refractivity contribution in [3.63, 3.8) is 0 Å². The minimum atomic E-state index is -0.442. The Morgan fingerprint density at radius 2 is 2.75 bits per heavy atom. The van der Waals surface area contributed by atoms with E-state index >= 15 is 0 Å². The molecule has 0 fully saturated rings. The Morgan fingerprint density at radius 3 is 3.33 bits per heavy atom. The monoisotopic (exact) mass is 173 g/mol. The summed E-state index contributed by atoms with van der Waals surface area (Å²) in [5, 5.41) is 3.51. The molecule has 3 N–H and O–H groups in total. The molecule has 6 nitrogen and oxygen atoms in total. The maximum Gasteiger partial charge on any atom is 0.283 e. The molecule has 1 rings (SSSR count). The van der Waals surface area contributed by atoms with Crippen molar-refractivity contribution in [1.82, 2.24) is 5.43 Å². The molecule has 68 valence electrons. The molecule has 1 aliphatic rings. The van der Waals surface area contributed by atoms with Gasteiger partial charge in [0.05, 0.1) is 6.42 Å². The summed E-state index contributed by atoms with van der Waals surface area (Å²) in [7, 11) is 0. The van der Waals surface area contributed by atoms with Crippen LogP contribution in [0.1, 0.15) is 13.3 Å². The van der Waals surface area contributed by atoms with Crippen molar-refractivity contribution in [3.05, 3.63) is 0 Å². The van der Waals surface area contributed by atoms with E-state index in [2.05, 4.69) is 5.16 Å². The maximum absolute atomic E-state index is 10.9. The number of amides is 1. The zero-order chi connectivity index (χ0) is 8.97. The van der Waals surface area contributed by atoms with Gasteiger partial charge in [0.25, 0.3) is 5.91 Å². The lowest BCUT2D eigenvalue weighted by molar-refractivity contribution is -0.120. The van der Waals surface area contributed by atoms with Crippen LogP contribution in [0, 0.1) is 0 Å². The maximum atomic E-state index is 10.9. The Labute approximate surface area is 69.7 Å². The first kappa shape index (κ1) is 8.95. The topological polar surface area (TPSA) is 85.9 Å². The van der Waals surface area contributed by atoms with E-state index in [-0.39, 0.29) is 5.71 Å². The lowest BCUT2D eigenvalue weighted by Gasteiger charge is -2.05. The molecule has 0 aromatic carbocycles. The van der Waals surface area contributed by atoms with Gasteiger partial charge in [0, 0.05) is 6.61 Å². The lowest BCUT2D eigenvalue weighted by Crippen LogP contribution is -2.36. The molecule has 1 aliphatic heterocycles. The largest absolute Gasteiger partial charge is 0.363 e. The molecule has 1 atom stereocenters. The second-order valence-electron chi connectivity index (χ2n) is 2.21. The second kappa shape index (κ2) is 4.03. The van der Waals surface area contributed by atoms with Crippen LogP contribution in [0.4, 0.5) is 0 Å². The van der Waals surface area contributed by atoms with Crippen LogP contribution in [0.3, 0.4) is 0 Å². The Kier molecular flexibility index (Phi) is 3.01. The molecule has 12 heavy (non-hydrogen) atoms. The molecule has 0 radical (unpaired) electrons. The van der Waals surface area contributed by atoms with Gasteiger partial charge in [0.15, 0.2) is 5.71 Å². The number of hydrogen-bond acceptors (Lipinski definition) is 5. The number of ether oxygens (including phenoxy) is 1. The van der Waals surface area contributed by atoms with E-state index < -0.39 is 12.2 Å². The van der Waals surface area contributed by atoms with Gasteiger partial charge in [0.2, 0.25) is 6.29 Å². The Balaban J connectivity index is 2.38. The van der Waals surface area contributed by atoms with E-state index in [1.807, 2.05) is 12.3 Å². The molecule has 0 saturated carbocycles. The van der Waals surface area contributed by atoms with E-state index in [0.717, 1.165) is 0 Å². The van der Waals surface area contributed by atoms with Crippen LogP contribution in [0.25, 0.3) is 0 Å². The highest BCUT2D eigenvalue weighted by Crippen LogP contribution is 2.11. The number of hydrazine groups is 1. The molecule has 0 saturated heterocycles. The fourth-order valence-corrected chi connectivity index (χ4v) is 0.848. The van der Waals surface area contributed by atoms with E-state index in [4.69, 9.17) is 15.4 Å². The van der Waals surface area contributed by atoms with Gasteiger partial charge >= 0.3 is 0 Å². The summed E-state index contributed by atoms with van der Waals surface area (Å²) in [6.07, 6.45) is -0.0982. The number of carbonyl (C=O) groups excluding carboxylic acids is 1. The Bertz CT molecular complexity index is 204. The van der Waals surface area contributed by atoms with Crippen molar-refractivity contribution in [2.24, 2.45) is 11.0 Å². The average Bonchev–Trinajstić information content (AvgIpc) is 2.52. The van der Waals surface area contributed by atoms with Gasteiger partial charge in [-0.3, -0.25) is 10.2 Å². The summed E-state index contributed by atoms with van der Waals surface area (Å²) < 4.78 is 5.07. The third-order valence-corrected chi connectivity index (χ3v) is 1.39. The number of hydrogen-bond donors (Lipinski definition) is 2. The summed E-state index contributed by atoms with van der Waals surface area (Å²) in [4.78, 5) is 15.6. The van der Waals surface area contributed by atoms with E-state index in [1.165, 1.54) is 0 Å². The van der Waals surface area contributed by atoms with Crippen LogP contribution >= 0.6 is 0 Å². The first-order valence-corrected chi connectivity index (χ1v) is 3.63. The standard InChI is InChI=1S/C6H11N3O3/c1-2-11-5-3-4(9-12-5)6(10)8-7/h5H,2-3,7H2,1H3,(H,8,10)/t5-/m0/s1. The zero-order valence-corrected chi connectivity index (χ0v) is 6.74. The molecule has 0 aromatic rings. The van der Waals surface area contributed by atoms with Gasteiger partial charge in [-0.2, -0.15) is 0 Å². The smallest absolute Gasteiger partial charge is 0.283 e. The van der Waals surface area contributed by atoms with Gasteiger partial charge in [-0.05, 0) is 6.92 Å². The Hall–Kier alpha value is -1.14. The summed E-state index contributed by atoms with van der Waals surface area (Å²) in [6.45, 7) is 2.36. The summed E-state index contributed by atoms with van der Waals surface area (Å²) in [6, 6.07) is 0. The molecule has 0 aliphatic carbocycles. The van der Waals surface area contributed by atoms with Crippen LogP contribution in [0.2, 0.25) is 0 Å². The van der Waals surface area contributed by atoms with Gasteiger partial charge < -0.3 is 9.57 Å². The summed E-state index contributed by atoms with van der Waals surface area (Å²) in [5.74, 6) is 4.46. The molecule has 0 unspecified atom stereocenters. The molecule has 1 heterocycles. The van der Waals surface area contributed by atoms with Crippen molar-refractivity contribution < 1.29 is 14.4 Å². The fraction of sp³-hybridized carbons (Fsp3) is 0.667. The molecular weight excluding hydrogens is 162 g/mol. The first-order valence-electron chi connectivity index (χ1n) is 3.63. The van der Waals surface area contributed by atoms with Crippen LogP contribution < -0.4 is 11.3 Å². The highest BCUT2D eigenvalue weighted by atomic mass is 16.8. The van der Waals surface area contributed by atoms with Crippen LogP contribution in [0.15, 0.2) is 5.16 Å². The number of rotatable bonds is 3. The van der Waals surface area contributed by atoms with E-state index in [0.29, 0.717) is 13.0 Å². The van der Waals surface area contributed by atoms with Crippen molar-refractivity contribution in [3.8, 4) is 0 Å². The predicted molar refractivity (Wildman–Crippen MR) is 40.9 cm³/mol. The number of carbonyl (C=O) groups is 1. The highest BCUT2D eigenvalue weighted by Gasteiger charge is 2.25. The minimum Gasteiger partial charge on any atom is -0.363 e. The Morgan fingerprint density at radius 1 is 2.00 bits per heavy atom. The highest BCUT2D eigenvalue weighted by molar-refractivity contribution is 6.38. The molecule has 0 spiro atoms. The molecule has 0 bridgehead atoms. The summed E-state index contributed by atoms with van der Waals surface area (Å²) in [5.41, 5.74) is 2.22. The van der Waals surface area contributed by atoms with Crippen LogP contribution in [-0.2, 0) is 14.4 Å². The van der Waals surface area contributed by atoms with E-state index in [9.17, 15) is 4.79 Å². The van der Waals surface area contributed by atoms with Crippen molar-refractivity contribution in [2.45, 2.75) is 19.6 Å². The number of nitrogens with one attached hydrogen (secondary N) is 1. The molecular formula is C6H11N3O3. The average molecular weight is 173 g/mol. The second-order valence-corrected chi connectivity index (χ2v) is 2.21. The molecule has 0 aromatic heterocycles. The van der Waals surface area contributed by atoms with Gasteiger partial charge in [0.1, 0.15) is 0 Å². The van der Waals surface area contributed by atoms with Gasteiger partial charge in [-0.15, -0.1) is 0 Å². The normalized spacial score (nSPS) is 21.5. The number of nitrogens with zero attached hydrogens (tertiary/aromatic N) is 1. The third kappa shape index (κ3) is 1.93. The minimum absolute atomic E-state index is 0.260. The summed E-state index contributed by atoms with van der Waals surface area (Å²) >= 11 is 0. The van der Waals surface area contributed by atoms with E-state index in [1.54, 1.807) is 0 Å². The van der Waals surface area contributed by atoms with Gasteiger partial charge in [-0.25, -0.2) is 5.84 Å². The first-order chi connectivity index (χ1) is 5.77. The van der Waals surface area contributed by atoms with Gasteiger partial charge in [-0.1, -0.05) is 5.16 Å². The van der Waals surface area contributed by atoms with Crippen LogP contribution in [0.5, 0.6) is 0 Å². The quantitative estimate of drug-likeness (QED) is 0.329. The zero-order valence-electron chi connectivity index (χ0n) is 6.74. The van der Waals surface area contributed by atoms with Crippen LogP contribution in [-0.4, -0.2) is 24.5 Å². The number of oxime groups is 1. The van der Waals surface area contributed by atoms with Crippen molar-refractivity contribution >= 4 is 11.6 Å². The fourth-order valence-electron chi connectivity index (χ4n) is 0.848. The molecule has 1 amide bonds. The molecule has 6 heteroatoms. The lowest BCUT2D eigenvalue weighted by atomic mass is 10.2. The van der Waals surface area contributed by atoms with Crippen molar-refractivity contribution in [1.29, 1.82) is 0 Å².